The van der Waals surface area contributed by atoms with Gasteiger partial charge in [-0.2, -0.15) is 0 Å². The van der Waals surface area contributed by atoms with Gasteiger partial charge in [0.05, 0.1) is 25.9 Å². The third-order valence-electron chi connectivity index (χ3n) is 6.40. The molecule has 1 aliphatic rings. The maximum atomic E-state index is 13.6. The number of methoxy groups -OCH3 is 1. The molecule has 165 valence electrons. The number of rotatable bonds is 7. The van der Waals surface area contributed by atoms with Crippen LogP contribution in [-0.2, 0) is 48.8 Å². The zero-order valence-corrected chi connectivity index (χ0v) is 22.7. The van der Waals surface area contributed by atoms with E-state index in [0.717, 1.165) is 48.9 Å². The molecule has 1 saturated heterocycles. The molecule has 5 nitrogen and oxygen atoms in total. The molecule has 0 aliphatic carbocycles. The fourth-order valence-electron chi connectivity index (χ4n) is 4.72. The van der Waals surface area contributed by atoms with Crippen LogP contribution in [0.2, 0.25) is 0 Å². The van der Waals surface area contributed by atoms with Gasteiger partial charge in [-0.3, -0.25) is 4.79 Å². The fraction of sp³-hybridized carbons (Fsp3) is 0.500. The number of aryl methyl sites for hydroxylation is 2. The molecule has 0 bridgehead atoms. The number of ether oxygens (including phenoxy) is 1. The Morgan fingerprint density at radius 3 is 2.42 bits per heavy atom. The van der Waals surface area contributed by atoms with Gasteiger partial charge in [0, 0.05) is 44.7 Å². The number of anilines is 1. The summed E-state index contributed by atoms with van der Waals surface area (Å²) >= 11 is 1.32. The van der Waals surface area contributed by atoms with Gasteiger partial charge in [-0.15, -0.1) is 11.3 Å². The van der Waals surface area contributed by atoms with E-state index >= 15 is 0 Å². The van der Waals surface area contributed by atoms with Crippen molar-refractivity contribution in [2.24, 2.45) is 0 Å². The topological polar surface area (TPSA) is 55.4 Å². The second kappa shape index (κ2) is 11.7. The molecule has 1 radical (unpaired) electrons. The number of nitrogens with one attached hydrogen (secondary N) is 1. The average molecular weight is 519 g/mol. The maximum absolute atomic E-state index is 13.6. The van der Waals surface area contributed by atoms with E-state index in [4.69, 9.17) is 4.74 Å². The predicted octanol–water partition coefficient (Wildman–Crippen LogP) is 5.07. The molecule has 3 rings (SSSR count). The molecule has 7 heteroatoms. The quantitative estimate of drug-likeness (QED) is 0.412. The molecule has 1 atom stereocenters. The molecule has 1 amide bonds. The second-order valence-corrected chi connectivity index (χ2v) is 9.22. The minimum atomic E-state index is -0.404. The van der Waals surface area contributed by atoms with Gasteiger partial charge >= 0.3 is 5.97 Å². The summed E-state index contributed by atoms with van der Waals surface area (Å²) in [5.74, 6) is -0.405. The van der Waals surface area contributed by atoms with E-state index in [0.29, 0.717) is 10.6 Å². The molecule has 1 N–H and O–H groups in total. The summed E-state index contributed by atoms with van der Waals surface area (Å²) in [5.41, 5.74) is 4.08. The van der Waals surface area contributed by atoms with Crippen molar-refractivity contribution in [1.82, 2.24) is 0 Å². The Bertz CT molecular complexity index is 906. The van der Waals surface area contributed by atoms with E-state index in [-0.39, 0.29) is 44.7 Å². The molecule has 1 aromatic heterocycles. The summed E-state index contributed by atoms with van der Waals surface area (Å²) in [6.45, 7) is 9.04. The molecule has 2 aromatic rings. The summed E-state index contributed by atoms with van der Waals surface area (Å²) in [7, 11) is 1.37. The predicted molar refractivity (Wildman–Crippen MR) is 122 cm³/mol. The van der Waals surface area contributed by atoms with Crippen LogP contribution in [0.4, 0.5) is 5.69 Å². The number of amides is 1. The zero-order valence-electron chi connectivity index (χ0n) is 19.1. The Balaban J connectivity index is 0.00000341. The molecule has 1 fully saturated rings. The average Bonchev–Trinajstić information content (AvgIpc) is 3.10. The minimum absolute atomic E-state index is 0. The van der Waals surface area contributed by atoms with Crippen molar-refractivity contribution >= 4 is 28.9 Å². The van der Waals surface area contributed by atoms with Gasteiger partial charge in [-0.05, 0) is 49.6 Å². The second-order valence-electron chi connectivity index (χ2n) is 8.34. The minimum Gasteiger partial charge on any atom is -0.465 e. The Kier molecular flexibility index (Phi) is 9.87. The third-order valence-corrected chi connectivity index (χ3v) is 7.48. The number of nitrogens with zero attached hydrogens (tertiary/aromatic N) is 1. The molecule has 2 heterocycles. The Hall–Kier alpha value is -1.08. The van der Waals surface area contributed by atoms with Crippen molar-refractivity contribution in [3.63, 3.8) is 0 Å². The van der Waals surface area contributed by atoms with Crippen molar-refractivity contribution in [3.8, 4) is 0 Å². The van der Waals surface area contributed by atoms with E-state index < -0.39 is 5.97 Å². The van der Waals surface area contributed by atoms with Gasteiger partial charge in [0.25, 0.3) is 5.91 Å². The SMILES string of the molecule is CCC(C(=O)Nc1c(C)csc1C(=O)OC)[N+]1(Cc2ccccc2C)CCCCC1.[Y]. The molecular formula is C24H33N2O3SY+. The van der Waals surface area contributed by atoms with E-state index in [1.165, 1.54) is 36.0 Å². The molecule has 0 saturated carbocycles. The Labute approximate surface area is 215 Å². The first-order valence-electron chi connectivity index (χ1n) is 10.8. The summed E-state index contributed by atoms with van der Waals surface area (Å²) in [5, 5.41) is 4.99. The maximum Gasteiger partial charge on any atom is 0.350 e. The van der Waals surface area contributed by atoms with Crippen molar-refractivity contribution in [3.05, 3.63) is 51.2 Å². The molecule has 1 aromatic carbocycles. The van der Waals surface area contributed by atoms with E-state index in [1.807, 2.05) is 12.3 Å². The van der Waals surface area contributed by atoms with Crippen LogP contribution in [0.3, 0.4) is 0 Å². The van der Waals surface area contributed by atoms with Gasteiger partial charge in [0.1, 0.15) is 11.4 Å². The summed E-state index contributed by atoms with van der Waals surface area (Å²) in [6.07, 6.45) is 4.26. The number of piperidine rings is 1. The van der Waals surface area contributed by atoms with Crippen LogP contribution in [0.1, 0.15) is 59.0 Å². The van der Waals surface area contributed by atoms with Gasteiger partial charge in [0.15, 0.2) is 6.04 Å². The van der Waals surface area contributed by atoms with Gasteiger partial charge < -0.3 is 14.5 Å². The molecule has 31 heavy (non-hydrogen) atoms. The summed E-state index contributed by atoms with van der Waals surface area (Å²) < 4.78 is 5.68. The summed E-state index contributed by atoms with van der Waals surface area (Å²) in [4.78, 5) is 26.2. The van der Waals surface area contributed by atoms with Crippen LogP contribution in [-0.4, -0.2) is 42.6 Å². The number of quaternary nitrogens is 1. The molecule has 1 unspecified atom stereocenters. The van der Waals surface area contributed by atoms with Crippen LogP contribution in [0, 0.1) is 13.8 Å². The normalized spacial score (nSPS) is 16.1. The Morgan fingerprint density at radius 2 is 1.81 bits per heavy atom. The van der Waals surface area contributed by atoms with Crippen LogP contribution in [0.25, 0.3) is 0 Å². The largest absolute Gasteiger partial charge is 0.465 e. The van der Waals surface area contributed by atoms with Crippen molar-refractivity contribution in [1.29, 1.82) is 0 Å². The van der Waals surface area contributed by atoms with Gasteiger partial charge in [0.2, 0.25) is 0 Å². The van der Waals surface area contributed by atoms with Crippen LogP contribution >= 0.6 is 11.3 Å². The number of likely N-dealkylation sites (tertiary alicyclic amines) is 1. The number of benzene rings is 1. The van der Waals surface area contributed by atoms with E-state index in [2.05, 4.69) is 43.4 Å². The number of hydrogen-bond donors (Lipinski definition) is 1. The number of hydrogen-bond acceptors (Lipinski definition) is 4. The smallest absolute Gasteiger partial charge is 0.350 e. The third kappa shape index (κ3) is 5.84. The Morgan fingerprint density at radius 1 is 1.13 bits per heavy atom. The number of thiophene rings is 1. The fourth-order valence-corrected chi connectivity index (χ4v) is 5.64. The number of carbonyl (C=O) groups excluding carboxylic acids is 2. The molecular weight excluding hydrogens is 485 g/mol. The van der Waals surface area contributed by atoms with Crippen molar-refractivity contribution < 1.29 is 51.5 Å². The first kappa shape index (κ1) is 26.2. The van der Waals surface area contributed by atoms with Gasteiger partial charge in [-0.1, -0.05) is 31.2 Å². The van der Waals surface area contributed by atoms with Crippen LogP contribution in [0.5, 0.6) is 0 Å². The standard InChI is InChI=1S/C24H32N2O3S.Y/c1-5-20(23(27)25-21-18(3)16-30-22(21)24(28)29-4)26(13-9-6-10-14-26)15-19-12-8-7-11-17(19)2;/h7-8,11-12,16,20H,5-6,9-10,13-15H2,1-4H3;/p+1. The van der Waals surface area contributed by atoms with Crippen molar-refractivity contribution in [2.45, 2.75) is 59.0 Å². The monoisotopic (exact) mass is 518 g/mol. The molecule has 0 spiro atoms. The summed E-state index contributed by atoms with van der Waals surface area (Å²) in [6, 6.07) is 8.33. The van der Waals surface area contributed by atoms with Crippen molar-refractivity contribution in [2.75, 3.05) is 25.5 Å². The zero-order chi connectivity index (χ0) is 21.7. The number of carbonyl (C=O) groups is 2. The van der Waals surface area contributed by atoms with E-state index in [9.17, 15) is 9.59 Å². The number of esters is 1. The van der Waals surface area contributed by atoms with Crippen LogP contribution in [0.15, 0.2) is 29.6 Å². The van der Waals surface area contributed by atoms with Crippen LogP contribution < -0.4 is 5.32 Å². The first-order valence-corrected chi connectivity index (χ1v) is 11.7. The van der Waals surface area contributed by atoms with Gasteiger partial charge in [-0.25, -0.2) is 4.79 Å². The van der Waals surface area contributed by atoms with E-state index in [1.54, 1.807) is 0 Å². The molecule has 1 aliphatic heterocycles. The first-order chi connectivity index (χ1) is 14.4.